The van der Waals surface area contributed by atoms with Crippen molar-refractivity contribution in [1.82, 2.24) is 4.98 Å². The van der Waals surface area contributed by atoms with Crippen LogP contribution >= 0.6 is 22.9 Å². The van der Waals surface area contributed by atoms with Crippen LogP contribution in [0.2, 0.25) is 5.02 Å². The van der Waals surface area contributed by atoms with Crippen LogP contribution in [0, 0.1) is 6.92 Å². The lowest BCUT2D eigenvalue weighted by molar-refractivity contribution is -0.132. The summed E-state index contributed by atoms with van der Waals surface area (Å²) in [7, 11) is 2.71. The van der Waals surface area contributed by atoms with E-state index in [-0.39, 0.29) is 21.3 Å². The van der Waals surface area contributed by atoms with Gasteiger partial charge in [-0.1, -0.05) is 29.0 Å². The first-order valence-corrected chi connectivity index (χ1v) is 12.3. The third-order valence-electron chi connectivity index (χ3n) is 5.73. The van der Waals surface area contributed by atoms with Crippen molar-refractivity contribution < 1.29 is 33.7 Å². The number of amides is 1. The number of aromatic nitrogens is 1. The lowest BCUT2D eigenvalue weighted by Gasteiger charge is -2.24. The third-order valence-corrected chi connectivity index (χ3v) is 7.12. The molecule has 1 aliphatic rings. The Morgan fingerprint density at radius 3 is 2.46 bits per heavy atom. The number of ether oxygens (including phenoxy) is 3. The predicted octanol–water partition coefficient (Wildman–Crippen LogP) is 4.93. The molecule has 1 unspecified atom stereocenters. The summed E-state index contributed by atoms with van der Waals surface area (Å²) in [6.07, 6.45) is 0. The molecular formula is C26H23ClN2O7S. The maximum atomic E-state index is 13.4. The van der Waals surface area contributed by atoms with E-state index in [0.29, 0.717) is 39.9 Å². The van der Waals surface area contributed by atoms with Crippen molar-refractivity contribution in [2.45, 2.75) is 19.9 Å². The molecule has 192 valence electrons. The van der Waals surface area contributed by atoms with Crippen LogP contribution in [0.3, 0.4) is 0 Å². The summed E-state index contributed by atoms with van der Waals surface area (Å²) in [6, 6.07) is 10.1. The van der Waals surface area contributed by atoms with E-state index >= 15 is 0 Å². The molecule has 1 atom stereocenters. The molecule has 0 bridgehead atoms. The lowest BCUT2D eigenvalue weighted by Crippen LogP contribution is -2.29. The Morgan fingerprint density at radius 2 is 1.84 bits per heavy atom. The number of aliphatic hydroxyl groups excluding tert-OH is 1. The molecule has 4 rings (SSSR count). The standard InChI is InChI=1S/C26H23ClN2O7S/c1-5-36-17-11-8-15(12-18(17)34-3)20-19(21(30)14-6-9-16(27)10-7-14)22(31)24(32)29(20)26-28-13(2)23(37-26)25(33)35-4/h6-12,20,30H,5H2,1-4H3. The smallest absolute Gasteiger partial charge is 0.350 e. The third kappa shape index (κ3) is 4.77. The molecule has 0 spiro atoms. The Kier molecular flexibility index (Phi) is 7.51. The summed E-state index contributed by atoms with van der Waals surface area (Å²) in [5, 5.41) is 11.8. The first-order valence-electron chi connectivity index (χ1n) is 11.1. The van der Waals surface area contributed by atoms with E-state index in [9.17, 15) is 19.5 Å². The number of thiazole rings is 1. The molecule has 1 aliphatic heterocycles. The van der Waals surface area contributed by atoms with Crippen LogP contribution in [-0.2, 0) is 14.3 Å². The number of esters is 1. The van der Waals surface area contributed by atoms with Gasteiger partial charge in [0.05, 0.1) is 38.1 Å². The zero-order valence-corrected chi connectivity index (χ0v) is 22.0. The van der Waals surface area contributed by atoms with E-state index in [1.807, 2.05) is 6.92 Å². The van der Waals surface area contributed by atoms with Gasteiger partial charge >= 0.3 is 11.9 Å². The van der Waals surface area contributed by atoms with E-state index in [1.165, 1.54) is 19.1 Å². The van der Waals surface area contributed by atoms with Crippen molar-refractivity contribution in [3.8, 4) is 11.5 Å². The molecule has 1 fully saturated rings. The maximum absolute atomic E-state index is 13.4. The van der Waals surface area contributed by atoms with Gasteiger partial charge in [-0.25, -0.2) is 9.78 Å². The van der Waals surface area contributed by atoms with E-state index < -0.39 is 23.7 Å². The number of aliphatic hydroxyl groups is 1. The highest BCUT2D eigenvalue weighted by molar-refractivity contribution is 7.17. The number of aryl methyl sites for hydroxylation is 1. The summed E-state index contributed by atoms with van der Waals surface area (Å²) < 4.78 is 15.9. The number of ketones is 1. The Morgan fingerprint density at radius 1 is 1.14 bits per heavy atom. The summed E-state index contributed by atoms with van der Waals surface area (Å²) in [4.78, 5) is 44.7. The van der Waals surface area contributed by atoms with Gasteiger partial charge in [-0.05, 0) is 55.8 Å². The molecule has 11 heteroatoms. The monoisotopic (exact) mass is 542 g/mol. The Labute approximate surface area is 221 Å². The zero-order valence-electron chi connectivity index (χ0n) is 20.4. The van der Waals surface area contributed by atoms with Crippen molar-refractivity contribution in [2.75, 3.05) is 25.7 Å². The van der Waals surface area contributed by atoms with Crippen LogP contribution in [0.1, 0.15) is 39.5 Å². The van der Waals surface area contributed by atoms with Gasteiger partial charge in [0, 0.05) is 10.6 Å². The second-order valence-electron chi connectivity index (χ2n) is 7.92. The molecule has 1 saturated heterocycles. The Bertz CT molecular complexity index is 1410. The van der Waals surface area contributed by atoms with Crippen molar-refractivity contribution in [3.05, 3.63) is 74.8 Å². The summed E-state index contributed by atoms with van der Waals surface area (Å²) in [6.45, 7) is 3.84. The fourth-order valence-electron chi connectivity index (χ4n) is 4.00. The van der Waals surface area contributed by atoms with E-state index in [2.05, 4.69) is 4.98 Å². The number of halogens is 1. The van der Waals surface area contributed by atoms with Gasteiger partial charge in [0.1, 0.15) is 10.6 Å². The highest BCUT2D eigenvalue weighted by Crippen LogP contribution is 2.45. The van der Waals surface area contributed by atoms with E-state index in [1.54, 1.807) is 49.4 Å². The molecule has 1 N–H and O–H groups in total. The number of hydrogen-bond acceptors (Lipinski definition) is 9. The average molecular weight is 543 g/mol. The quantitative estimate of drug-likeness (QED) is 0.193. The molecule has 1 aromatic heterocycles. The molecule has 0 saturated carbocycles. The number of anilines is 1. The van der Waals surface area contributed by atoms with Gasteiger partial charge in [-0.2, -0.15) is 0 Å². The number of hydrogen-bond donors (Lipinski definition) is 1. The predicted molar refractivity (Wildman–Crippen MR) is 139 cm³/mol. The number of benzene rings is 2. The number of nitrogens with zero attached hydrogens (tertiary/aromatic N) is 2. The first kappa shape index (κ1) is 26.2. The van der Waals surface area contributed by atoms with E-state index in [0.717, 1.165) is 11.3 Å². The van der Waals surface area contributed by atoms with Gasteiger partial charge < -0.3 is 19.3 Å². The fourth-order valence-corrected chi connectivity index (χ4v) is 5.14. The van der Waals surface area contributed by atoms with Crippen LogP contribution in [-0.4, -0.2) is 48.6 Å². The van der Waals surface area contributed by atoms with Gasteiger partial charge in [-0.15, -0.1) is 0 Å². The molecule has 1 amide bonds. The van der Waals surface area contributed by atoms with Crippen molar-refractivity contribution in [3.63, 3.8) is 0 Å². The largest absolute Gasteiger partial charge is 0.507 e. The molecular weight excluding hydrogens is 520 g/mol. The maximum Gasteiger partial charge on any atom is 0.350 e. The van der Waals surface area contributed by atoms with Gasteiger partial charge in [0.2, 0.25) is 0 Å². The average Bonchev–Trinajstić information content (AvgIpc) is 3.40. The summed E-state index contributed by atoms with van der Waals surface area (Å²) in [5.74, 6) is -1.95. The van der Waals surface area contributed by atoms with E-state index in [4.69, 9.17) is 25.8 Å². The summed E-state index contributed by atoms with van der Waals surface area (Å²) in [5.41, 5.74) is 0.957. The van der Waals surface area contributed by atoms with Gasteiger partial charge in [-0.3, -0.25) is 14.5 Å². The molecule has 2 aromatic carbocycles. The second kappa shape index (κ2) is 10.6. The number of carbonyl (C=O) groups excluding carboxylic acids is 3. The van der Waals surface area contributed by atoms with Crippen LogP contribution in [0.5, 0.6) is 11.5 Å². The fraction of sp³-hybridized carbons (Fsp3) is 0.231. The first-order chi connectivity index (χ1) is 17.7. The minimum atomic E-state index is -1.07. The van der Waals surface area contributed by atoms with Crippen LogP contribution < -0.4 is 14.4 Å². The normalized spacial score (nSPS) is 16.7. The highest BCUT2D eigenvalue weighted by Gasteiger charge is 2.48. The van der Waals surface area contributed by atoms with Crippen molar-refractivity contribution in [2.24, 2.45) is 0 Å². The number of Topliss-reactive ketones (excluding diaryl/α,β-unsaturated/α-hetero) is 1. The number of methoxy groups -OCH3 is 2. The topological polar surface area (TPSA) is 115 Å². The number of carbonyl (C=O) groups is 3. The zero-order chi connectivity index (χ0) is 26.9. The Balaban J connectivity index is 1.95. The number of rotatable bonds is 7. The van der Waals surface area contributed by atoms with Crippen LogP contribution in [0.25, 0.3) is 5.76 Å². The lowest BCUT2D eigenvalue weighted by atomic mass is 9.95. The molecule has 0 aliphatic carbocycles. The Hall–Kier alpha value is -3.89. The van der Waals surface area contributed by atoms with Crippen molar-refractivity contribution in [1.29, 1.82) is 0 Å². The van der Waals surface area contributed by atoms with Gasteiger partial charge in [0.15, 0.2) is 16.6 Å². The molecule has 37 heavy (non-hydrogen) atoms. The van der Waals surface area contributed by atoms with Gasteiger partial charge in [0.25, 0.3) is 5.78 Å². The second-order valence-corrected chi connectivity index (χ2v) is 9.34. The van der Waals surface area contributed by atoms with Crippen LogP contribution in [0.4, 0.5) is 5.13 Å². The van der Waals surface area contributed by atoms with Crippen LogP contribution in [0.15, 0.2) is 48.0 Å². The van der Waals surface area contributed by atoms with Crippen molar-refractivity contribution >= 4 is 51.5 Å². The molecule has 3 aromatic rings. The summed E-state index contributed by atoms with van der Waals surface area (Å²) >= 11 is 6.90. The highest BCUT2D eigenvalue weighted by atomic mass is 35.5. The minimum Gasteiger partial charge on any atom is -0.507 e. The minimum absolute atomic E-state index is 0.105. The molecule has 2 heterocycles. The molecule has 0 radical (unpaired) electrons. The SMILES string of the molecule is CCOc1ccc(C2C(=C(O)c3ccc(Cl)cc3)C(=O)C(=O)N2c2nc(C)c(C(=O)OC)s2)cc1OC. The molecule has 9 nitrogen and oxygen atoms in total.